The summed E-state index contributed by atoms with van der Waals surface area (Å²) < 4.78 is 18.4. The molecule has 3 heterocycles. The number of nitrogens with zero attached hydrogens (tertiary/aromatic N) is 3. The Morgan fingerprint density at radius 1 is 1.10 bits per heavy atom. The molecule has 294 valence electrons. The van der Waals surface area contributed by atoms with E-state index in [0.717, 1.165) is 12.0 Å². The van der Waals surface area contributed by atoms with Crippen LogP contribution in [0.2, 0.25) is 0 Å². The van der Waals surface area contributed by atoms with E-state index in [1.54, 1.807) is 27.0 Å². The van der Waals surface area contributed by atoms with Gasteiger partial charge in [-0.3, -0.25) is 14.7 Å². The van der Waals surface area contributed by atoms with E-state index in [2.05, 4.69) is 15.2 Å². The van der Waals surface area contributed by atoms with Crippen LogP contribution in [-0.2, 0) is 25.5 Å². The summed E-state index contributed by atoms with van der Waals surface area (Å²) in [6.07, 6.45) is -1.70. The molecule has 14 atom stereocenters. The highest BCUT2D eigenvalue weighted by atomic mass is 16.7. The predicted molar refractivity (Wildman–Crippen MR) is 194 cm³/mol. The third kappa shape index (κ3) is 11.4. The Kier molecular flexibility index (Phi) is 16.3. The van der Waals surface area contributed by atoms with Crippen molar-refractivity contribution >= 4 is 5.97 Å². The minimum atomic E-state index is -1.80. The van der Waals surface area contributed by atoms with Crippen molar-refractivity contribution in [2.45, 2.75) is 154 Å². The number of hydrogen-bond donors (Lipinski definition) is 6. The molecule has 51 heavy (non-hydrogen) atoms. The molecule has 2 saturated heterocycles. The first kappa shape index (κ1) is 43.6. The van der Waals surface area contributed by atoms with Crippen molar-refractivity contribution in [2.24, 2.45) is 17.8 Å². The van der Waals surface area contributed by atoms with Crippen molar-refractivity contribution in [3.63, 3.8) is 0 Å². The fourth-order valence-electron chi connectivity index (χ4n) is 8.04. The maximum atomic E-state index is 13.6. The molecule has 13 nitrogen and oxygen atoms in total. The first-order chi connectivity index (χ1) is 23.8. The van der Waals surface area contributed by atoms with Gasteiger partial charge in [-0.25, -0.2) is 0 Å². The maximum absolute atomic E-state index is 13.6. The Bertz CT molecular complexity index is 1190. The third-order valence-corrected chi connectivity index (χ3v) is 11.1. The van der Waals surface area contributed by atoms with Crippen molar-refractivity contribution in [1.29, 1.82) is 0 Å². The normalized spacial score (nSPS) is 41.1. The number of nitrogens with one attached hydrogen (secondary N) is 1. The van der Waals surface area contributed by atoms with E-state index in [4.69, 9.17) is 14.2 Å². The zero-order valence-electron chi connectivity index (χ0n) is 32.6. The number of esters is 1. The summed E-state index contributed by atoms with van der Waals surface area (Å²) in [5.74, 6) is -2.76. The van der Waals surface area contributed by atoms with Crippen molar-refractivity contribution in [2.75, 3.05) is 33.7 Å². The van der Waals surface area contributed by atoms with E-state index in [1.165, 1.54) is 13.8 Å². The number of hydrogen-bond acceptors (Lipinski definition) is 13. The fourth-order valence-corrected chi connectivity index (χ4v) is 8.04. The van der Waals surface area contributed by atoms with Crippen molar-refractivity contribution < 1.29 is 44.5 Å². The number of pyridine rings is 1. The molecule has 0 spiro atoms. The van der Waals surface area contributed by atoms with Gasteiger partial charge in [0.15, 0.2) is 6.29 Å². The number of aliphatic hydroxyl groups excluding tert-OH is 3. The predicted octanol–water partition coefficient (Wildman–Crippen LogP) is 1.92. The Morgan fingerprint density at radius 2 is 1.78 bits per heavy atom. The summed E-state index contributed by atoms with van der Waals surface area (Å²) >= 11 is 0. The highest BCUT2D eigenvalue weighted by Gasteiger charge is 2.50. The van der Waals surface area contributed by atoms with Gasteiger partial charge in [0.2, 0.25) is 0 Å². The van der Waals surface area contributed by atoms with E-state index in [9.17, 15) is 30.3 Å². The first-order valence-corrected chi connectivity index (χ1v) is 18.8. The van der Waals surface area contributed by atoms with Crippen LogP contribution in [0.1, 0.15) is 86.6 Å². The molecule has 6 N–H and O–H groups in total. The molecule has 0 unspecified atom stereocenters. The lowest BCUT2D eigenvalue weighted by Crippen LogP contribution is -2.59. The van der Waals surface area contributed by atoms with Gasteiger partial charge in [0.1, 0.15) is 23.9 Å². The highest BCUT2D eigenvalue weighted by Crippen LogP contribution is 2.36. The lowest BCUT2D eigenvalue weighted by Gasteiger charge is -2.46. The Balaban J connectivity index is 1.95. The number of likely N-dealkylation sites (N-methyl/N-ethyl adjacent to an activating group) is 1. The maximum Gasteiger partial charge on any atom is 0.311 e. The fraction of sp³-hybridized carbons (Fsp3) is 0.842. The van der Waals surface area contributed by atoms with Crippen molar-refractivity contribution in [3.8, 4) is 0 Å². The molecule has 0 radical (unpaired) electrons. The monoisotopic (exact) mass is 724 g/mol. The Labute approximate surface area is 305 Å². The van der Waals surface area contributed by atoms with E-state index < -0.39 is 71.9 Å². The molecule has 0 amide bonds. The first-order valence-electron chi connectivity index (χ1n) is 18.8. The molecule has 0 aromatic carbocycles. The Morgan fingerprint density at radius 3 is 2.39 bits per heavy atom. The highest BCUT2D eigenvalue weighted by molar-refractivity contribution is 5.73. The molecule has 0 aliphatic carbocycles. The van der Waals surface area contributed by atoms with Gasteiger partial charge >= 0.3 is 5.97 Å². The molecule has 0 bridgehead atoms. The van der Waals surface area contributed by atoms with Gasteiger partial charge in [-0.1, -0.05) is 26.8 Å². The second-order valence-electron chi connectivity index (χ2n) is 16.1. The summed E-state index contributed by atoms with van der Waals surface area (Å²) in [5, 5.41) is 62.1. The summed E-state index contributed by atoms with van der Waals surface area (Å²) in [5.41, 5.74) is -2.27. The largest absolute Gasteiger partial charge is 0.459 e. The van der Waals surface area contributed by atoms with Crippen LogP contribution in [0.5, 0.6) is 0 Å². The zero-order valence-corrected chi connectivity index (χ0v) is 32.6. The number of carbonyl (C=O) groups is 1. The molecule has 1 aromatic rings. The van der Waals surface area contributed by atoms with Crippen LogP contribution < -0.4 is 5.32 Å². The molecule has 13 heteroatoms. The average Bonchev–Trinajstić information content (AvgIpc) is 3.07. The quantitative estimate of drug-likeness (QED) is 0.153. The minimum Gasteiger partial charge on any atom is -0.459 e. The number of aliphatic hydroxyl groups is 5. The van der Waals surface area contributed by atoms with Gasteiger partial charge in [-0.05, 0) is 105 Å². The number of aromatic nitrogens is 1. The topological polar surface area (TPSA) is 177 Å². The molecule has 3 rings (SSSR count). The van der Waals surface area contributed by atoms with Gasteiger partial charge in [0.25, 0.3) is 0 Å². The van der Waals surface area contributed by atoms with E-state index >= 15 is 0 Å². The zero-order chi connectivity index (χ0) is 38.3. The SMILES string of the molecule is CC[C@H]1OC(=O)[C@H](C)[C@@H](O)[C@H](C)[C@@H](O[C@@H]2O[C@H](C)C[C@H](N(C)C)[C@H]2O)[C@](C)(O)C[C@@H](C)CN(CCCNCc2cccnc2)[C@H](C)[C@@H](O)[C@]1(C)O. The molecule has 0 saturated carbocycles. The molecule has 2 fully saturated rings. The van der Waals surface area contributed by atoms with Crippen LogP contribution in [0.15, 0.2) is 24.5 Å². The van der Waals surface area contributed by atoms with Crippen LogP contribution in [0, 0.1) is 17.8 Å². The summed E-state index contributed by atoms with van der Waals surface area (Å²) in [4.78, 5) is 21.8. The molecule has 1 aromatic heterocycles. The lowest BCUT2D eigenvalue weighted by atomic mass is 9.78. The van der Waals surface area contributed by atoms with E-state index in [-0.39, 0.29) is 30.9 Å². The smallest absolute Gasteiger partial charge is 0.311 e. The number of rotatable bonds is 10. The summed E-state index contributed by atoms with van der Waals surface area (Å²) in [7, 11) is 3.76. The molecule has 2 aliphatic rings. The number of ether oxygens (including phenoxy) is 3. The summed E-state index contributed by atoms with van der Waals surface area (Å²) in [6.45, 7) is 16.3. The van der Waals surface area contributed by atoms with E-state index in [1.807, 2.05) is 58.1 Å². The van der Waals surface area contributed by atoms with Crippen molar-refractivity contribution in [1.82, 2.24) is 20.1 Å². The summed E-state index contributed by atoms with van der Waals surface area (Å²) in [6, 6.07) is 3.11. The van der Waals surface area contributed by atoms with Gasteiger partial charge in [-0.15, -0.1) is 0 Å². The van der Waals surface area contributed by atoms with Crippen LogP contribution in [0.4, 0.5) is 0 Å². The second kappa shape index (κ2) is 19.0. The Hall–Kier alpha value is -1.78. The van der Waals surface area contributed by atoms with Crippen LogP contribution in [0.3, 0.4) is 0 Å². The van der Waals surface area contributed by atoms with E-state index in [0.29, 0.717) is 32.6 Å². The molecular weight excluding hydrogens is 656 g/mol. The van der Waals surface area contributed by atoms with Crippen LogP contribution in [-0.4, -0.2) is 146 Å². The minimum absolute atomic E-state index is 0.147. The van der Waals surface area contributed by atoms with Gasteiger partial charge < -0.3 is 50.0 Å². The standard InChI is InChI=1S/C38H68N4O9/c1-11-30-38(8,48)33(45)27(6)42(17-13-16-40-21-28-14-12-15-39-20-28)22-23(2)19-37(7,47)34(25(4)31(43)26(5)35(46)50-30)51-36-32(44)29(41(9)10)18-24(3)49-36/h12,14-15,20,23-27,29-34,36,40,43-45,47-48H,11,13,16-19,21-22H2,1-10H3/t23-,24-,25+,26-,27-,29+,30-,31+,32-,33-,34-,36+,37-,38-/m1/s1. The average molecular weight is 725 g/mol. The molecule has 2 aliphatic heterocycles. The van der Waals surface area contributed by atoms with Crippen LogP contribution in [0.25, 0.3) is 0 Å². The third-order valence-electron chi connectivity index (χ3n) is 11.1. The lowest BCUT2D eigenvalue weighted by molar-refractivity contribution is -0.299. The van der Waals surface area contributed by atoms with Crippen molar-refractivity contribution in [3.05, 3.63) is 30.1 Å². The van der Waals surface area contributed by atoms with Gasteiger partial charge in [-0.2, -0.15) is 0 Å². The van der Waals surface area contributed by atoms with Crippen LogP contribution >= 0.6 is 0 Å². The van der Waals surface area contributed by atoms with Gasteiger partial charge in [0.05, 0.1) is 29.8 Å². The number of carbonyl (C=O) groups excluding carboxylic acids is 1. The second-order valence-corrected chi connectivity index (χ2v) is 16.1. The van der Waals surface area contributed by atoms with Gasteiger partial charge in [0, 0.05) is 43.5 Å². The molecular formula is C38H68N4O9. The number of cyclic esters (lactones) is 1.